The summed E-state index contributed by atoms with van der Waals surface area (Å²) in [5, 5.41) is 2.51. The van der Waals surface area contributed by atoms with Gasteiger partial charge in [0.2, 0.25) is 5.91 Å². The molecule has 152 valence electrons. The normalized spacial score (nSPS) is 17.0. The highest BCUT2D eigenvalue weighted by molar-refractivity contribution is 7.99. The summed E-state index contributed by atoms with van der Waals surface area (Å²) in [6, 6.07) is 12.1. The van der Waals surface area contributed by atoms with Gasteiger partial charge < -0.3 is 4.90 Å². The molecule has 1 aromatic carbocycles. The second kappa shape index (κ2) is 9.13. The number of rotatable bonds is 6. The van der Waals surface area contributed by atoms with Gasteiger partial charge in [0.1, 0.15) is 4.70 Å². The van der Waals surface area contributed by atoms with Crippen LogP contribution >= 0.6 is 23.1 Å². The number of thiophene rings is 1. The smallest absolute Gasteiger partial charge is 0.272 e. The van der Waals surface area contributed by atoms with Crippen molar-refractivity contribution in [3.8, 4) is 0 Å². The Hall–Kier alpha value is -2.12. The van der Waals surface area contributed by atoms with Crippen molar-refractivity contribution in [2.75, 3.05) is 12.3 Å². The summed E-state index contributed by atoms with van der Waals surface area (Å²) in [4.78, 5) is 32.7. The minimum Gasteiger partial charge on any atom is -0.339 e. The van der Waals surface area contributed by atoms with Gasteiger partial charge in [0.15, 0.2) is 5.16 Å². The summed E-state index contributed by atoms with van der Waals surface area (Å²) in [7, 11) is 0. The maximum atomic E-state index is 13.1. The third-order valence-electron chi connectivity index (χ3n) is 5.46. The molecule has 1 fully saturated rings. The molecule has 4 rings (SSSR count). The topological polar surface area (TPSA) is 55.2 Å². The molecular formula is C22H25N3O2S2. The van der Waals surface area contributed by atoms with E-state index in [1.54, 1.807) is 4.57 Å². The van der Waals surface area contributed by atoms with E-state index in [2.05, 4.69) is 6.92 Å². The van der Waals surface area contributed by atoms with Gasteiger partial charge in [-0.1, -0.05) is 49.0 Å². The summed E-state index contributed by atoms with van der Waals surface area (Å²) >= 11 is 2.80. The average molecular weight is 428 g/mol. The monoisotopic (exact) mass is 427 g/mol. The van der Waals surface area contributed by atoms with Gasteiger partial charge in [-0.05, 0) is 42.7 Å². The zero-order valence-electron chi connectivity index (χ0n) is 16.5. The van der Waals surface area contributed by atoms with E-state index in [1.807, 2.05) is 46.7 Å². The Bertz CT molecular complexity index is 1050. The summed E-state index contributed by atoms with van der Waals surface area (Å²) in [6.45, 7) is 3.44. The lowest BCUT2D eigenvalue weighted by atomic mass is 10.0. The van der Waals surface area contributed by atoms with Crippen LogP contribution in [0.2, 0.25) is 0 Å². The van der Waals surface area contributed by atoms with Crippen LogP contribution in [0.3, 0.4) is 0 Å². The second-order valence-electron chi connectivity index (χ2n) is 7.34. The lowest BCUT2D eigenvalue weighted by Crippen LogP contribution is -2.44. The number of nitrogens with zero attached hydrogens (tertiary/aromatic N) is 3. The third-order valence-corrected chi connectivity index (χ3v) is 7.31. The van der Waals surface area contributed by atoms with Gasteiger partial charge in [-0.15, -0.1) is 11.3 Å². The molecule has 0 spiro atoms. The summed E-state index contributed by atoms with van der Waals surface area (Å²) < 4.78 is 2.37. The van der Waals surface area contributed by atoms with Crippen molar-refractivity contribution >= 4 is 39.2 Å². The summed E-state index contributed by atoms with van der Waals surface area (Å²) in [5.74, 6) is 0.459. The van der Waals surface area contributed by atoms with Crippen LogP contribution in [0.1, 0.15) is 38.2 Å². The Morgan fingerprint density at radius 3 is 2.86 bits per heavy atom. The molecule has 1 aliphatic rings. The quantitative estimate of drug-likeness (QED) is 0.432. The number of benzene rings is 1. The highest BCUT2D eigenvalue weighted by atomic mass is 32.2. The summed E-state index contributed by atoms with van der Waals surface area (Å²) in [5.41, 5.74) is 1.72. The highest BCUT2D eigenvalue weighted by Crippen LogP contribution is 2.24. The fraction of sp³-hybridized carbons (Fsp3) is 0.409. The van der Waals surface area contributed by atoms with Gasteiger partial charge >= 0.3 is 0 Å². The van der Waals surface area contributed by atoms with E-state index in [0.29, 0.717) is 33.7 Å². The highest BCUT2D eigenvalue weighted by Gasteiger charge is 2.25. The van der Waals surface area contributed by atoms with Crippen molar-refractivity contribution in [1.82, 2.24) is 14.5 Å². The van der Waals surface area contributed by atoms with Gasteiger partial charge in [-0.2, -0.15) is 0 Å². The van der Waals surface area contributed by atoms with Crippen molar-refractivity contribution < 1.29 is 4.79 Å². The molecule has 0 radical (unpaired) electrons. The Kier molecular flexibility index (Phi) is 6.35. The number of aromatic nitrogens is 2. The number of amides is 1. The fourth-order valence-electron chi connectivity index (χ4n) is 3.90. The minimum atomic E-state index is -0.0341. The molecule has 0 saturated carbocycles. The molecule has 3 heterocycles. The summed E-state index contributed by atoms with van der Waals surface area (Å²) in [6.07, 6.45) is 4.35. The van der Waals surface area contributed by atoms with Crippen molar-refractivity contribution in [3.63, 3.8) is 0 Å². The van der Waals surface area contributed by atoms with Crippen LogP contribution in [0.5, 0.6) is 0 Å². The van der Waals surface area contributed by atoms with Crippen molar-refractivity contribution in [2.45, 2.75) is 50.4 Å². The maximum absolute atomic E-state index is 13.1. The van der Waals surface area contributed by atoms with Crippen LogP contribution in [0.25, 0.3) is 10.2 Å². The van der Waals surface area contributed by atoms with Gasteiger partial charge in [-0.25, -0.2) is 4.98 Å². The maximum Gasteiger partial charge on any atom is 0.272 e. The molecule has 0 unspecified atom stereocenters. The molecule has 7 heteroatoms. The average Bonchev–Trinajstić information content (AvgIpc) is 3.24. The number of carbonyl (C=O) groups excluding carboxylic acids is 1. The van der Waals surface area contributed by atoms with Crippen LogP contribution in [0, 0.1) is 0 Å². The first-order chi connectivity index (χ1) is 14.2. The molecule has 0 aliphatic carbocycles. The number of hydrogen-bond donors (Lipinski definition) is 0. The lowest BCUT2D eigenvalue weighted by molar-refractivity contribution is -0.132. The number of thioether (sulfide) groups is 1. The molecule has 2 aromatic heterocycles. The molecule has 29 heavy (non-hydrogen) atoms. The van der Waals surface area contributed by atoms with Crippen LogP contribution in [-0.4, -0.2) is 38.7 Å². The van der Waals surface area contributed by atoms with E-state index >= 15 is 0 Å². The van der Waals surface area contributed by atoms with Gasteiger partial charge in [-0.3, -0.25) is 14.2 Å². The van der Waals surface area contributed by atoms with E-state index in [0.717, 1.165) is 31.4 Å². The Balaban J connectivity index is 1.59. The molecule has 3 aromatic rings. The predicted molar refractivity (Wildman–Crippen MR) is 120 cm³/mol. The van der Waals surface area contributed by atoms with Gasteiger partial charge in [0.25, 0.3) is 5.56 Å². The molecule has 0 bridgehead atoms. The van der Waals surface area contributed by atoms with Gasteiger partial charge in [0.05, 0.1) is 17.8 Å². The Labute approximate surface area is 178 Å². The van der Waals surface area contributed by atoms with E-state index in [1.165, 1.54) is 29.5 Å². The molecule has 1 amide bonds. The number of fused-ring (bicyclic) bond motifs is 1. The minimum absolute atomic E-state index is 0.0341. The van der Waals surface area contributed by atoms with E-state index < -0.39 is 0 Å². The molecule has 1 atom stereocenters. The fourth-order valence-corrected chi connectivity index (χ4v) is 5.56. The first-order valence-electron chi connectivity index (χ1n) is 10.1. The first kappa shape index (κ1) is 20.2. The standard InChI is InChI=1S/C22H25N3O2S2/c1-2-17-10-6-7-12-24(17)19(26)15-29-22-23-18-11-13-28-20(18)21(27)25(22)14-16-8-4-3-5-9-16/h3-5,8-9,11,13,17H,2,6-7,10,12,14-15H2,1H3/t17-/m1/s1. The van der Waals surface area contributed by atoms with E-state index in [-0.39, 0.29) is 11.5 Å². The second-order valence-corrected chi connectivity index (χ2v) is 9.20. The van der Waals surface area contributed by atoms with Crippen LogP contribution in [0.4, 0.5) is 0 Å². The van der Waals surface area contributed by atoms with Crippen molar-refractivity contribution in [3.05, 3.63) is 57.7 Å². The molecule has 1 aliphatic heterocycles. The first-order valence-corrected chi connectivity index (χ1v) is 12.0. The van der Waals surface area contributed by atoms with Crippen LogP contribution < -0.4 is 5.56 Å². The third kappa shape index (κ3) is 4.41. The number of carbonyl (C=O) groups is 1. The molecule has 0 N–H and O–H groups in total. The zero-order chi connectivity index (χ0) is 20.2. The number of hydrogen-bond acceptors (Lipinski definition) is 5. The lowest BCUT2D eigenvalue weighted by Gasteiger charge is -2.35. The Morgan fingerprint density at radius 2 is 2.07 bits per heavy atom. The van der Waals surface area contributed by atoms with Gasteiger partial charge in [0, 0.05) is 12.6 Å². The van der Waals surface area contributed by atoms with Crippen LogP contribution in [0.15, 0.2) is 51.7 Å². The van der Waals surface area contributed by atoms with Crippen LogP contribution in [-0.2, 0) is 11.3 Å². The number of likely N-dealkylation sites (tertiary alicyclic amines) is 1. The largest absolute Gasteiger partial charge is 0.339 e. The SMILES string of the molecule is CC[C@@H]1CCCCN1C(=O)CSc1nc2ccsc2c(=O)n1Cc1ccccc1. The predicted octanol–water partition coefficient (Wildman–Crippen LogP) is 4.39. The molecule has 1 saturated heterocycles. The number of piperidine rings is 1. The van der Waals surface area contributed by atoms with E-state index in [9.17, 15) is 9.59 Å². The van der Waals surface area contributed by atoms with E-state index in [4.69, 9.17) is 4.98 Å². The van der Waals surface area contributed by atoms with Crippen molar-refractivity contribution in [1.29, 1.82) is 0 Å². The Morgan fingerprint density at radius 1 is 1.24 bits per heavy atom. The molecule has 5 nitrogen and oxygen atoms in total. The zero-order valence-corrected chi connectivity index (χ0v) is 18.2. The molecular weight excluding hydrogens is 402 g/mol. The van der Waals surface area contributed by atoms with Crippen molar-refractivity contribution in [2.24, 2.45) is 0 Å².